The van der Waals surface area contributed by atoms with E-state index in [1.165, 1.54) is 31.2 Å². The Labute approximate surface area is 173 Å². The zero-order chi connectivity index (χ0) is 21.7. The van der Waals surface area contributed by atoms with Crippen LogP contribution in [-0.2, 0) is 19.1 Å². The van der Waals surface area contributed by atoms with E-state index in [0.29, 0.717) is 23.7 Å². The average molecular weight is 410 g/mol. The summed E-state index contributed by atoms with van der Waals surface area (Å²) in [5, 5.41) is 2.67. The molecule has 1 N–H and O–H groups in total. The second-order valence-electron chi connectivity index (χ2n) is 6.66. The molecule has 3 rings (SSSR count). The first-order valence-electron chi connectivity index (χ1n) is 9.59. The third kappa shape index (κ3) is 4.83. The van der Waals surface area contributed by atoms with Crippen molar-refractivity contribution in [3.05, 3.63) is 54.1 Å². The van der Waals surface area contributed by atoms with Gasteiger partial charge < -0.3 is 14.8 Å². The third-order valence-corrected chi connectivity index (χ3v) is 4.50. The fourth-order valence-corrected chi connectivity index (χ4v) is 2.94. The number of imide groups is 1. The van der Waals surface area contributed by atoms with Crippen molar-refractivity contribution in [1.29, 1.82) is 0 Å². The van der Waals surface area contributed by atoms with Crippen LogP contribution in [0.3, 0.4) is 0 Å². The minimum Gasteiger partial charge on any atom is -0.494 e. The van der Waals surface area contributed by atoms with Crippen molar-refractivity contribution >= 4 is 35.1 Å². The van der Waals surface area contributed by atoms with Gasteiger partial charge in [-0.25, -0.2) is 4.79 Å². The van der Waals surface area contributed by atoms with Gasteiger partial charge in [0.2, 0.25) is 11.8 Å². The van der Waals surface area contributed by atoms with E-state index in [1.807, 2.05) is 6.92 Å². The number of esters is 1. The molecule has 2 aromatic rings. The molecular formula is C22H22N2O6. The quantitative estimate of drug-likeness (QED) is 0.556. The van der Waals surface area contributed by atoms with Gasteiger partial charge in [-0.2, -0.15) is 0 Å². The molecule has 156 valence electrons. The van der Waals surface area contributed by atoms with Gasteiger partial charge >= 0.3 is 5.97 Å². The van der Waals surface area contributed by atoms with Crippen LogP contribution >= 0.6 is 0 Å². The number of carbonyl (C=O) groups excluding carboxylic acids is 4. The number of nitrogens with one attached hydrogen (secondary N) is 1. The van der Waals surface area contributed by atoms with E-state index < -0.39 is 18.0 Å². The molecule has 3 amide bonds. The van der Waals surface area contributed by atoms with Gasteiger partial charge in [0.1, 0.15) is 5.75 Å². The minimum atomic E-state index is -1.02. The number of amides is 3. The molecule has 0 spiro atoms. The van der Waals surface area contributed by atoms with E-state index in [4.69, 9.17) is 9.47 Å². The summed E-state index contributed by atoms with van der Waals surface area (Å²) in [4.78, 5) is 49.3. The number of anilines is 2. The lowest BCUT2D eigenvalue weighted by atomic mass is 10.2. The largest absolute Gasteiger partial charge is 0.494 e. The molecule has 8 nitrogen and oxygen atoms in total. The Kier molecular flexibility index (Phi) is 6.46. The molecule has 0 radical (unpaired) electrons. The second kappa shape index (κ2) is 9.21. The van der Waals surface area contributed by atoms with Crippen LogP contribution in [-0.4, -0.2) is 36.4 Å². The summed E-state index contributed by atoms with van der Waals surface area (Å²) in [6.45, 7) is 3.90. The number of ether oxygens (including phenoxy) is 2. The average Bonchev–Trinajstić information content (AvgIpc) is 3.07. The summed E-state index contributed by atoms with van der Waals surface area (Å²) in [7, 11) is 0. The SMILES string of the molecule is CCOc1ccc(NC(=O)[C@H](C)OC(=O)c2ccc(N3C(=O)CCC3=O)cc2)cc1. The lowest BCUT2D eigenvalue weighted by Crippen LogP contribution is -2.30. The van der Waals surface area contributed by atoms with Crippen molar-refractivity contribution in [1.82, 2.24) is 0 Å². The molecule has 1 aliphatic rings. The van der Waals surface area contributed by atoms with Gasteiger partial charge in [0.15, 0.2) is 6.10 Å². The van der Waals surface area contributed by atoms with Crippen molar-refractivity contribution in [2.75, 3.05) is 16.8 Å². The normalized spacial score (nSPS) is 14.4. The smallest absolute Gasteiger partial charge is 0.338 e. The zero-order valence-electron chi connectivity index (χ0n) is 16.7. The molecule has 0 bridgehead atoms. The van der Waals surface area contributed by atoms with Crippen LogP contribution in [0.2, 0.25) is 0 Å². The summed E-state index contributed by atoms with van der Waals surface area (Å²) in [6, 6.07) is 12.8. The Morgan fingerprint density at radius 1 is 1.00 bits per heavy atom. The van der Waals surface area contributed by atoms with Crippen molar-refractivity contribution in [2.45, 2.75) is 32.8 Å². The molecule has 1 fully saturated rings. The topological polar surface area (TPSA) is 102 Å². The predicted octanol–water partition coefficient (Wildman–Crippen LogP) is 2.92. The first-order chi connectivity index (χ1) is 14.4. The van der Waals surface area contributed by atoms with E-state index in [-0.39, 0.29) is 30.2 Å². The van der Waals surface area contributed by atoms with Crippen LogP contribution in [0, 0.1) is 0 Å². The minimum absolute atomic E-state index is 0.184. The Hall–Kier alpha value is -3.68. The van der Waals surface area contributed by atoms with E-state index in [9.17, 15) is 19.2 Å². The number of hydrogen-bond acceptors (Lipinski definition) is 6. The van der Waals surface area contributed by atoms with Crippen LogP contribution in [0.5, 0.6) is 5.75 Å². The second-order valence-corrected chi connectivity index (χ2v) is 6.66. The van der Waals surface area contributed by atoms with Gasteiger partial charge in [-0.15, -0.1) is 0 Å². The lowest BCUT2D eigenvalue weighted by molar-refractivity contribution is -0.124. The Balaban J connectivity index is 1.57. The summed E-state index contributed by atoms with van der Waals surface area (Å²) >= 11 is 0. The molecule has 8 heteroatoms. The zero-order valence-corrected chi connectivity index (χ0v) is 16.7. The molecule has 1 saturated heterocycles. The Morgan fingerprint density at radius 2 is 1.60 bits per heavy atom. The highest BCUT2D eigenvalue weighted by molar-refractivity contribution is 6.19. The molecule has 0 aliphatic carbocycles. The summed E-state index contributed by atoms with van der Waals surface area (Å²) in [5.74, 6) is -1.01. The Morgan fingerprint density at radius 3 is 2.17 bits per heavy atom. The maximum Gasteiger partial charge on any atom is 0.338 e. The van der Waals surface area contributed by atoms with Crippen LogP contribution in [0.25, 0.3) is 0 Å². The maximum absolute atomic E-state index is 12.3. The third-order valence-electron chi connectivity index (χ3n) is 4.50. The molecule has 0 unspecified atom stereocenters. The summed E-state index contributed by atoms with van der Waals surface area (Å²) < 4.78 is 10.6. The van der Waals surface area contributed by atoms with Gasteiger partial charge in [-0.05, 0) is 62.4 Å². The van der Waals surface area contributed by atoms with E-state index >= 15 is 0 Å². The number of benzene rings is 2. The van der Waals surface area contributed by atoms with E-state index in [0.717, 1.165) is 4.90 Å². The maximum atomic E-state index is 12.3. The van der Waals surface area contributed by atoms with E-state index in [1.54, 1.807) is 24.3 Å². The Bertz CT molecular complexity index is 937. The highest BCUT2D eigenvalue weighted by Gasteiger charge is 2.30. The van der Waals surface area contributed by atoms with Crippen LogP contribution in [0.15, 0.2) is 48.5 Å². The van der Waals surface area contributed by atoms with Gasteiger partial charge in [0.05, 0.1) is 17.9 Å². The summed E-state index contributed by atoms with van der Waals surface area (Å²) in [6.07, 6.45) is -0.654. The molecule has 1 atom stereocenters. The monoisotopic (exact) mass is 410 g/mol. The molecule has 1 aliphatic heterocycles. The van der Waals surface area contributed by atoms with Gasteiger partial charge in [0.25, 0.3) is 5.91 Å². The first-order valence-corrected chi connectivity index (χ1v) is 9.59. The highest BCUT2D eigenvalue weighted by Crippen LogP contribution is 2.23. The van der Waals surface area contributed by atoms with Crippen molar-refractivity contribution in [2.24, 2.45) is 0 Å². The molecule has 0 saturated carbocycles. The number of nitrogens with zero attached hydrogens (tertiary/aromatic N) is 1. The molecule has 30 heavy (non-hydrogen) atoms. The number of rotatable bonds is 7. The fourth-order valence-electron chi connectivity index (χ4n) is 2.94. The van der Waals surface area contributed by atoms with Crippen molar-refractivity contribution in [3.63, 3.8) is 0 Å². The summed E-state index contributed by atoms with van der Waals surface area (Å²) in [5.41, 5.74) is 1.16. The van der Waals surface area contributed by atoms with Crippen LogP contribution < -0.4 is 15.0 Å². The van der Waals surface area contributed by atoms with Crippen molar-refractivity contribution in [3.8, 4) is 5.75 Å². The van der Waals surface area contributed by atoms with Gasteiger partial charge in [-0.3, -0.25) is 19.3 Å². The lowest BCUT2D eigenvalue weighted by Gasteiger charge is -2.15. The number of hydrogen-bond donors (Lipinski definition) is 1. The predicted molar refractivity (Wildman–Crippen MR) is 109 cm³/mol. The van der Waals surface area contributed by atoms with Crippen LogP contribution in [0.1, 0.15) is 37.0 Å². The number of carbonyl (C=O) groups is 4. The van der Waals surface area contributed by atoms with Crippen molar-refractivity contribution < 1.29 is 28.7 Å². The van der Waals surface area contributed by atoms with E-state index in [2.05, 4.69) is 5.32 Å². The van der Waals surface area contributed by atoms with Gasteiger partial charge in [-0.1, -0.05) is 0 Å². The molecule has 0 aromatic heterocycles. The molecule has 1 heterocycles. The van der Waals surface area contributed by atoms with Crippen LogP contribution in [0.4, 0.5) is 11.4 Å². The molecule has 2 aromatic carbocycles. The fraction of sp³-hybridized carbons (Fsp3) is 0.273. The first kappa shape index (κ1) is 21.0. The highest BCUT2D eigenvalue weighted by atomic mass is 16.5. The molecular weight excluding hydrogens is 388 g/mol. The van der Waals surface area contributed by atoms with Gasteiger partial charge in [0, 0.05) is 18.5 Å². The standard InChI is InChI=1S/C22H22N2O6/c1-3-29-18-10-6-16(7-11-18)23-21(27)14(2)30-22(28)15-4-8-17(9-5-15)24-19(25)12-13-20(24)26/h4-11,14H,3,12-13H2,1-2H3,(H,23,27)/t14-/m0/s1.